The number of benzene rings is 2. The molecular weight excluding hydrogens is 400 g/mol. The van der Waals surface area contributed by atoms with E-state index in [0.29, 0.717) is 12.4 Å². The van der Waals surface area contributed by atoms with Crippen LogP contribution in [0.2, 0.25) is 0 Å². The Balaban J connectivity index is 1.98. The van der Waals surface area contributed by atoms with Gasteiger partial charge in [0, 0.05) is 12.6 Å². The van der Waals surface area contributed by atoms with Crippen molar-refractivity contribution in [3.63, 3.8) is 0 Å². The summed E-state index contributed by atoms with van der Waals surface area (Å²) in [5.74, 6) is 0.355. The maximum Gasteiger partial charge on any atom is 0.243 e. The highest BCUT2D eigenvalue weighted by Gasteiger charge is 2.26. The number of nitrogens with one attached hydrogen (secondary N) is 1. The number of nitrogens with zero attached hydrogens (tertiary/aromatic N) is 1. The van der Waals surface area contributed by atoms with E-state index in [9.17, 15) is 13.2 Å². The lowest BCUT2D eigenvalue weighted by Gasteiger charge is -2.22. The average molecular weight is 433 g/mol. The fraction of sp³-hybridized carbons (Fsp3) is 0.435. The molecule has 0 saturated carbocycles. The van der Waals surface area contributed by atoms with Gasteiger partial charge in [0.05, 0.1) is 18.0 Å². The van der Waals surface area contributed by atoms with Crippen LogP contribution in [-0.2, 0) is 21.2 Å². The molecule has 0 radical (unpaired) electrons. The van der Waals surface area contributed by atoms with Crippen molar-refractivity contribution in [1.29, 1.82) is 0 Å². The molecule has 0 heterocycles. The Labute approximate surface area is 180 Å². The lowest BCUT2D eigenvalue weighted by atomic mass is 10.1. The molecule has 0 bridgehead atoms. The number of aryl methyl sites for hydroxylation is 2. The van der Waals surface area contributed by atoms with Gasteiger partial charge in [0.25, 0.3) is 0 Å². The Hall–Kier alpha value is -2.38. The first-order chi connectivity index (χ1) is 14.3. The SMILES string of the molecule is CCOc1ccc(S(=O)(=O)N(CC)CC(=O)N[C@H](C)CCc2ccccc2)cc1C. The maximum absolute atomic E-state index is 13.0. The summed E-state index contributed by atoms with van der Waals surface area (Å²) < 4.78 is 32.7. The number of carbonyl (C=O) groups is 1. The number of rotatable bonds is 11. The van der Waals surface area contributed by atoms with Gasteiger partial charge in [0.15, 0.2) is 0 Å². The third-order valence-electron chi connectivity index (χ3n) is 4.87. The normalized spacial score (nSPS) is 12.6. The predicted molar refractivity (Wildman–Crippen MR) is 119 cm³/mol. The summed E-state index contributed by atoms with van der Waals surface area (Å²) in [7, 11) is -3.77. The monoisotopic (exact) mass is 432 g/mol. The van der Waals surface area contributed by atoms with E-state index in [1.165, 1.54) is 15.9 Å². The number of carbonyl (C=O) groups excluding carboxylic acids is 1. The zero-order valence-corrected chi connectivity index (χ0v) is 19.0. The van der Waals surface area contributed by atoms with Crippen molar-refractivity contribution < 1.29 is 17.9 Å². The van der Waals surface area contributed by atoms with E-state index >= 15 is 0 Å². The van der Waals surface area contributed by atoms with Crippen molar-refractivity contribution in [2.24, 2.45) is 0 Å². The van der Waals surface area contributed by atoms with E-state index < -0.39 is 10.0 Å². The minimum Gasteiger partial charge on any atom is -0.494 e. The van der Waals surface area contributed by atoms with Crippen LogP contribution in [0.5, 0.6) is 5.75 Å². The van der Waals surface area contributed by atoms with Crippen molar-refractivity contribution in [1.82, 2.24) is 9.62 Å². The average Bonchev–Trinajstić information content (AvgIpc) is 2.72. The second-order valence-corrected chi connectivity index (χ2v) is 9.22. The second kappa shape index (κ2) is 11.1. The third-order valence-corrected chi connectivity index (χ3v) is 6.79. The molecule has 0 aliphatic rings. The summed E-state index contributed by atoms with van der Waals surface area (Å²) in [6, 6.07) is 14.8. The van der Waals surface area contributed by atoms with E-state index in [0.717, 1.165) is 18.4 Å². The standard InChI is InChI=1S/C23H32N2O4S/c1-5-25(30(27,28)21-14-15-22(29-6-2)18(3)16-21)17-23(26)24-19(4)12-13-20-10-8-7-9-11-20/h7-11,14-16,19H,5-6,12-13,17H2,1-4H3,(H,24,26)/t19-/m1/s1. The lowest BCUT2D eigenvalue weighted by molar-refractivity contribution is -0.121. The highest BCUT2D eigenvalue weighted by molar-refractivity contribution is 7.89. The van der Waals surface area contributed by atoms with E-state index in [-0.39, 0.29) is 29.9 Å². The quantitative estimate of drug-likeness (QED) is 0.589. The largest absolute Gasteiger partial charge is 0.494 e. The van der Waals surface area contributed by atoms with Gasteiger partial charge < -0.3 is 10.1 Å². The van der Waals surface area contributed by atoms with Crippen LogP contribution in [-0.4, -0.2) is 44.4 Å². The molecule has 1 amide bonds. The first kappa shape index (κ1) is 23.9. The Morgan fingerprint density at radius 3 is 2.43 bits per heavy atom. The molecule has 30 heavy (non-hydrogen) atoms. The molecule has 7 heteroatoms. The van der Waals surface area contributed by atoms with Crippen molar-refractivity contribution in [3.05, 3.63) is 59.7 Å². The summed E-state index contributed by atoms with van der Waals surface area (Å²) >= 11 is 0. The number of hydrogen-bond acceptors (Lipinski definition) is 4. The van der Waals surface area contributed by atoms with Gasteiger partial charge in [0.2, 0.25) is 15.9 Å². The zero-order chi connectivity index (χ0) is 22.1. The van der Waals surface area contributed by atoms with Crippen molar-refractivity contribution in [2.75, 3.05) is 19.7 Å². The molecule has 2 aromatic carbocycles. The van der Waals surface area contributed by atoms with Gasteiger partial charge >= 0.3 is 0 Å². The smallest absolute Gasteiger partial charge is 0.243 e. The first-order valence-corrected chi connectivity index (χ1v) is 11.8. The minimum absolute atomic E-state index is 0.0492. The third kappa shape index (κ3) is 6.57. The summed E-state index contributed by atoms with van der Waals surface area (Å²) in [4.78, 5) is 12.6. The summed E-state index contributed by atoms with van der Waals surface area (Å²) in [5, 5.41) is 2.91. The molecule has 0 aromatic heterocycles. The van der Waals surface area contributed by atoms with Crippen LogP contribution in [0.25, 0.3) is 0 Å². The molecule has 6 nitrogen and oxygen atoms in total. The van der Waals surface area contributed by atoms with Gasteiger partial charge in [-0.1, -0.05) is 37.3 Å². The molecule has 2 rings (SSSR count). The highest BCUT2D eigenvalue weighted by Crippen LogP contribution is 2.24. The van der Waals surface area contributed by atoms with E-state index in [1.807, 2.05) is 32.0 Å². The molecule has 0 aliphatic carbocycles. The summed E-state index contributed by atoms with van der Waals surface area (Å²) in [6.45, 7) is 7.86. The summed E-state index contributed by atoms with van der Waals surface area (Å²) in [6.07, 6.45) is 1.64. The molecule has 0 unspecified atom stereocenters. The highest BCUT2D eigenvalue weighted by atomic mass is 32.2. The van der Waals surface area contributed by atoms with Gasteiger partial charge in [-0.3, -0.25) is 4.79 Å². The van der Waals surface area contributed by atoms with Crippen LogP contribution in [0.3, 0.4) is 0 Å². The second-order valence-electron chi connectivity index (χ2n) is 7.28. The van der Waals surface area contributed by atoms with Crippen molar-refractivity contribution in [3.8, 4) is 5.75 Å². The maximum atomic E-state index is 13.0. The topological polar surface area (TPSA) is 75.7 Å². The van der Waals surface area contributed by atoms with Crippen LogP contribution in [0, 0.1) is 6.92 Å². The van der Waals surface area contributed by atoms with Crippen LogP contribution < -0.4 is 10.1 Å². The van der Waals surface area contributed by atoms with Crippen LogP contribution in [0.4, 0.5) is 0 Å². The zero-order valence-electron chi connectivity index (χ0n) is 18.2. The molecule has 0 aliphatic heterocycles. The molecule has 1 atom stereocenters. The fourth-order valence-corrected chi connectivity index (χ4v) is 4.69. The van der Waals surface area contributed by atoms with Gasteiger partial charge in [-0.15, -0.1) is 0 Å². The molecule has 1 N–H and O–H groups in total. The van der Waals surface area contributed by atoms with Crippen LogP contribution >= 0.6 is 0 Å². The first-order valence-electron chi connectivity index (χ1n) is 10.3. The lowest BCUT2D eigenvalue weighted by Crippen LogP contribution is -2.43. The van der Waals surface area contributed by atoms with E-state index in [1.54, 1.807) is 26.0 Å². The summed E-state index contributed by atoms with van der Waals surface area (Å²) in [5.41, 5.74) is 1.95. The number of amides is 1. The van der Waals surface area contributed by atoms with Gasteiger partial charge in [-0.25, -0.2) is 8.42 Å². The number of likely N-dealkylation sites (N-methyl/N-ethyl adjacent to an activating group) is 1. The molecule has 164 valence electrons. The Kier molecular flexibility index (Phi) is 8.87. The Morgan fingerprint density at radius 2 is 1.83 bits per heavy atom. The van der Waals surface area contributed by atoms with Gasteiger partial charge in [-0.05, 0) is 62.9 Å². The van der Waals surface area contributed by atoms with Crippen LogP contribution in [0.1, 0.15) is 38.3 Å². The Bertz CT molecular complexity index is 929. The van der Waals surface area contributed by atoms with Gasteiger partial charge in [0.1, 0.15) is 5.75 Å². The number of ether oxygens (including phenoxy) is 1. The Morgan fingerprint density at radius 1 is 1.13 bits per heavy atom. The molecule has 0 saturated heterocycles. The van der Waals surface area contributed by atoms with Crippen LogP contribution in [0.15, 0.2) is 53.4 Å². The van der Waals surface area contributed by atoms with E-state index in [4.69, 9.17) is 4.74 Å². The predicted octanol–water partition coefficient (Wildman–Crippen LogP) is 3.54. The van der Waals surface area contributed by atoms with Crippen molar-refractivity contribution in [2.45, 2.75) is 51.5 Å². The molecule has 0 spiro atoms. The molecule has 0 fully saturated rings. The molecular formula is C23H32N2O4S. The minimum atomic E-state index is -3.77. The number of hydrogen-bond donors (Lipinski definition) is 1. The number of sulfonamides is 1. The molecule has 2 aromatic rings. The fourth-order valence-electron chi connectivity index (χ4n) is 3.20. The van der Waals surface area contributed by atoms with Gasteiger partial charge in [-0.2, -0.15) is 4.31 Å². The van der Waals surface area contributed by atoms with E-state index in [2.05, 4.69) is 17.4 Å². The van der Waals surface area contributed by atoms with Crippen molar-refractivity contribution >= 4 is 15.9 Å².